The minimum Gasteiger partial charge on any atom is -0.103 e. The Morgan fingerprint density at radius 2 is 2.18 bits per heavy atom. The Labute approximate surface area is 68.3 Å². The van der Waals surface area contributed by atoms with Crippen molar-refractivity contribution in [3.63, 3.8) is 0 Å². The quantitative estimate of drug-likeness (QED) is 0.525. The summed E-state index contributed by atoms with van der Waals surface area (Å²) in [6.07, 6.45) is 14.9. The fourth-order valence-electron chi connectivity index (χ4n) is 1.88. The van der Waals surface area contributed by atoms with Gasteiger partial charge in [-0.2, -0.15) is 0 Å². The second kappa shape index (κ2) is 2.37. The summed E-state index contributed by atoms with van der Waals surface area (Å²) in [6.45, 7) is 3.91. The van der Waals surface area contributed by atoms with Crippen molar-refractivity contribution in [3.05, 3.63) is 37.0 Å². The lowest BCUT2D eigenvalue weighted by molar-refractivity contribution is 0.459. The average Bonchev–Trinajstić information content (AvgIpc) is 2.86. The summed E-state index contributed by atoms with van der Waals surface area (Å²) >= 11 is 0. The summed E-state index contributed by atoms with van der Waals surface area (Å²) in [4.78, 5) is 0. The largest absolute Gasteiger partial charge is 0.103 e. The van der Waals surface area contributed by atoms with Crippen LogP contribution in [-0.4, -0.2) is 0 Å². The molecule has 0 saturated heterocycles. The fourth-order valence-corrected chi connectivity index (χ4v) is 1.88. The van der Waals surface area contributed by atoms with Gasteiger partial charge in [0.15, 0.2) is 0 Å². The summed E-state index contributed by atoms with van der Waals surface area (Å²) in [5.41, 5.74) is 0.487. The molecule has 0 N–H and O–H groups in total. The van der Waals surface area contributed by atoms with E-state index in [-0.39, 0.29) is 0 Å². The second-order valence-corrected chi connectivity index (χ2v) is 3.59. The van der Waals surface area contributed by atoms with Crippen LogP contribution < -0.4 is 0 Å². The molecule has 11 heavy (non-hydrogen) atoms. The molecule has 0 heteroatoms. The molecule has 2 aliphatic carbocycles. The zero-order valence-electron chi connectivity index (χ0n) is 6.79. The molecule has 0 amide bonds. The molecule has 1 unspecified atom stereocenters. The van der Waals surface area contributed by atoms with Gasteiger partial charge in [0.2, 0.25) is 0 Å². The van der Waals surface area contributed by atoms with Gasteiger partial charge in [-0.3, -0.25) is 0 Å². The molecule has 0 heterocycles. The van der Waals surface area contributed by atoms with Crippen LogP contribution in [0.4, 0.5) is 0 Å². The molecule has 58 valence electrons. The van der Waals surface area contributed by atoms with Crippen LogP contribution in [-0.2, 0) is 0 Å². The maximum atomic E-state index is 3.91. The summed E-state index contributed by atoms with van der Waals surface area (Å²) in [6, 6.07) is 0. The van der Waals surface area contributed by atoms with Gasteiger partial charge in [-0.15, -0.1) is 6.58 Å². The molecule has 0 aromatic rings. The Morgan fingerprint density at radius 3 is 2.64 bits per heavy atom. The summed E-state index contributed by atoms with van der Waals surface area (Å²) in [5, 5.41) is 0. The molecular weight excluding hydrogens is 132 g/mol. The predicted octanol–water partition coefficient (Wildman–Crippen LogP) is 3.08. The van der Waals surface area contributed by atoms with Crippen LogP contribution in [0.3, 0.4) is 0 Å². The third kappa shape index (κ3) is 1.07. The van der Waals surface area contributed by atoms with Crippen molar-refractivity contribution in [2.24, 2.45) is 11.3 Å². The van der Waals surface area contributed by atoms with Crippen molar-refractivity contribution in [2.75, 3.05) is 0 Å². The molecular formula is C11H14. The minimum atomic E-state index is 0.487. The van der Waals surface area contributed by atoms with E-state index in [0.717, 1.165) is 5.92 Å². The highest BCUT2D eigenvalue weighted by molar-refractivity contribution is 5.21. The van der Waals surface area contributed by atoms with Gasteiger partial charge in [-0.1, -0.05) is 30.4 Å². The van der Waals surface area contributed by atoms with E-state index in [2.05, 4.69) is 37.0 Å². The highest BCUT2D eigenvalue weighted by Gasteiger charge is 2.44. The lowest BCUT2D eigenvalue weighted by atomic mass is 9.84. The van der Waals surface area contributed by atoms with Crippen LogP contribution in [0.5, 0.6) is 0 Å². The smallest absolute Gasteiger partial charge is 0.00545 e. The van der Waals surface area contributed by atoms with Crippen LogP contribution >= 0.6 is 0 Å². The van der Waals surface area contributed by atoms with Crippen LogP contribution in [0, 0.1) is 11.3 Å². The van der Waals surface area contributed by atoms with Gasteiger partial charge in [0.1, 0.15) is 0 Å². The maximum absolute atomic E-state index is 3.91. The maximum Gasteiger partial charge on any atom is -0.00545 e. The van der Waals surface area contributed by atoms with Gasteiger partial charge in [-0.25, -0.2) is 0 Å². The Bertz CT molecular complexity index is 216. The topological polar surface area (TPSA) is 0 Å². The van der Waals surface area contributed by atoms with Gasteiger partial charge >= 0.3 is 0 Å². The molecule has 1 saturated carbocycles. The number of rotatable bonds is 2. The van der Waals surface area contributed by atoms with Crippen LogP contribution in [0.2, 0.25) is 0 Å². The third-order valence-electron chi connectivity index (χ3n) is 2.95. The molecule has 0 nitrogen and oxygen atoms in total. The number of hydrogen-bond donors (Lipinski definition) is 0. The first-order valence-corrected chi connectivity index (χ1v) is 4.34. The molecule has 0 aliphatic heterocycles. The van der Waals surface area contributed by atoms with Gasteiger partial charge in [-0.05, 0) is 30.6 Å². The van der Waals surface area contributed by atoms with E-state index < -0.39 is 0 Å². The first kappa shape index (κ1) is 6.90. The van der Waals surface area contributed by atoms with E-state index in [1.807, 2.05) is 0 Å². The van der Waals surface area contributed by atoms with E-state index in [9.17, 15) is 0 Å². The highest BCUT2D eigenvalue weighted by atomic mass is 14.5. The lowest BCUT2D eigenvalue weighted by Gasteiger charge is -2.20. The van der Waals surface area contributed by atoms with E-state index >= 15 is 0 Å². The molecule has 0 aromatic heterocycles. The van der Waals surface area contributed by atoms with Crippen LogP contribution in [0.1, 0.15) is 19.3 Å². The van der Waals surface area contributed by atoms with Gasteiger partial charge < -0.3 is 0 Å². The van der Waals surface area contributed by atoms with Crippen molar-refractivity contribution >= 4 is 0 Å². The van der Waals surface area contributed by atoms with Crippen molar-refractivity contribution in [2.45, 2.75) is 19.3 Å². The van der Waals surface area contributed by atoms with Gasteiger partial charge in [0, 0.05) is 0 Å². The van der Waals surface area contributed by atoms with E-state index in [1.165, 1.54) is 19.3 Å². The fraction of sp³-hybridized carbons (Fsp3) is 0.455. The molecule has 2 rings (SSSR count). The normalized spacial score (nSPS) is 31.8. The second-order valence-electron chi connectivity index (χ2n) is 3.59. The number of hydrogen-bond acceptors (Lipinski definition) is 0. The first-order chi connectivity index (χ1) is 5.37. The van der Waals surface area contributed by atoms with Crippen molar-refractivity contribution in [3.8, 4) is 0 Å². The Morgan fingerprint density at radius 1 is 1.36 bits per heavy atom. The molecule has 1 fully saturated rings. The van der Waals surface area contributed by atoms with E-state index in [0.29, 0.717) is 5.41 Å². The van der Waals surface area contributed by atoms with E-state index in [4.69, 9.17) is 0 Å². The van der Waals surface area contributed by atoms with E-state index in [1.54, 1.807) is 0 Å². The first-order valence-electron chi connectivity index (χ1n) is 4.34. The molecule has 0 aromatic carbocycles. The summed E-state index contributed by atoms with van der Waals surface area (Å²) in [7, 11) is 0. The summed E-state index contributed by atoms with van der Waals surface area (Å²) < 4.78 is 0. The minimum absolute atomic E-state index is 0.487. The Hall–Kier alpha value is -0.780. The molecule has 0 bridgehead atoms. The Kier molecular flexibility index (Phi) is 1.49. The molecule has 2 aliphatic rings. The monoisotopic (exact) mass is 146 g/mol. The third-order valence-corrected chi connectivity index (χ3v) is 2.95. The SMILES string of the molecule is C=CC1(C2C=CC=CC2)CC1. The van der Waals surface area contributed by atoms with Crippen molar-refractivity contribution in [1.82, 2.24) is 0 Å². The molecule has 1 atom stereocenters. The van der Waals surface area contributed by atoms with Crippen LogP contribution in [0.15, 0.2) is 37.0 Å². The van der Waals surface area contributed by atoms with Crippen molar-refractivity contribution < 1.29 is 0 Å². The predicted molar refractivity (Wildman–Crippen MR) is 48.3 cm³/mol. The standard InChI is InChI=1S/C11H14/c1-2-11(8-9-11)10-6-4-3-5-7-10/h2-6,10H,1,7-9H2. The number of allylic oxidation sites excluding steroid dienone is 5. The summed E-state index contributed by atoms with van der Waals surface area (Å²) in [5.74, 6) is 0.741. The zero-order chi connectivity index (χ0) is 7.73. The average molecular weight is 146 g/mol. The molecule has 0 radical (unpaired) electrons. The van der Waals surface area contributed by atoms with Crippen LogP contribution in [0.25, 0.3) is 0 Å². The Balaban J connectivity index is 2.11. The zero-order valence-corrected chi connectivity index (χ0v) is 6.79. The van der Waals surface area contributed by atoms with Crippen molar-refractivity contribution in [1.29, 1.82) is 0 Å². The lowest BCUT2D eigenvalue weighted by Crippen LogP contribution is -2.11. The molecule has 0 spiro atoms. The van der Waals surface area contributed by atoms with Gasteiger partial charge in [0.25, 0.3) is 0 Å². The van der Waals surface area contributed by atoms with Gasteiger partial charge in [0.05, 0.1) is 0 Å². The highest BCUT2D eigenvalue weighted by Crippen LogP contribution is 2.55.